The zero-order valence-corrected chi connectivity index (χ0v) is 17.6. The lowest BCUT2D eigenvalue weighted by Gasteiger charge is -2.14. The minimum atomic E-state index is -0.0652. The highest BCUT2D eigenvalue weighted by molar-refractivity contribution is 6.13. The first kappa shape index (κ1) is 20.3. The number of H-pyrrole nitrogens is 1. The summed E-state index contributed by atoms with van der Waals surface area (Å²) in [7, 11) is 4.70. The Morgan fingerprint density at radius 1 is 0.710 bits per heavy atom. The van der Waals surface area contributed by atoms with E-state index in [2.05, 4.69) is 4.98 Å². The Bertz CT molecular complexity index is 1170. The largest absolute Gasteiger partial charge is 0.493 e. The molecule has 31 heavy (non-hydrogen) atoms. The molecule has 1 aromatic heterocycles. The number of benzene rings is 3. The molecule has 5 heteroatoms. The molecule has 0 amide bonds. The van der Waals surface area contributed by atoms with Crippen molar-refractivity contribution in [1.82, 2.24) is 4.98 Å². The molecular weight excluding hydrogens is 390 g/mol. The van der Waals surface area contributed by atoms with Crippen LogP contribution in [0.1, 0.15) is 15.9 Å². The van der Waals surface area contributed by atoms with Crippen molar-refractivity contribution in [2.24, 2.45) is 0 Å². The smallest absolute Gasteiger partial charge is 0.203 e. The SMILES string of the molecule is COc1cc(-c2c[nH]cc2C(=O)c2ccc(-c3ccccc3)cc2)cc(OC)c1OC. The maximum Gasteiger partial charge on any atom is 0.203 e. The molecule has 3 aromatic carbocycles. The molecule has 0 radical (unpaired) electrons. The van der Waals surface area contributed by atoms with Gasteiger partial charge in [0.15, 0.2) is 17.3 Å². The van der Waals surface area contributed by atoms with E-state index in [9.17, 15) is 4.79 Å². The van der Waals surface area contributed by atoms with Gasteiger partial charge in [0.05, 0.1) is 21.3 Å². The monoisotopic (exact) mass is 413 g/mol. The van der Waals surface area contributed by atoms with Gasteiger partial charge in [-0.1, -0.05) is 54.6 Å². The summed E-state index contributed by atoms with van der Waals surface area (Å²) >= 11 is 0. The Labute approximate surface area is 181 Å². The van der Waals surface area contributed by atoms with Gasteiger partial charge in [-0.2, -0.15) is 0 Å². The third-order valence-electron chi connectivity index (χ3n) is 5.22. The lowest BCUT2D eigenvalue weighted by atomic mass is 9.96. The summed E-state index contributed by atoms with van der Waals surface area (Å²) in [4.78, 5) is 16.3. The molecule has 0 aliphatic carbocycles. The van der Waals surface area contributed by atoms with Gasteiger partial charge in [0, 0.05) is 29.1 Å². The van der Waals surface area contributed by atoms with Crippen LogP contribution in [0.15, 0.2) is 79.1 Å². The molecule has 5 nitrogen and oxygen atoms in total. The minimum Gasteiger partial charge on any atom is -0.493 e. The Balaban J connectivity index is 1.69. The van der Waals surface area contributed by atoms with E-state index in [1.807, 2.05) is 66.7 Å². The molecule has 0 saturated carbocycles. The average molecular weight is 413 g/mol. The second-order valence-electron chi connectivity index (χ2n) is 6.97. The molecule has 0 aliphatic heterocycles. The number of nitrogens with one attached hydrogen (secondary N) is 1. The van der Waals surface area contributed by atoms with Crippen molar-refractivity contribution >= 4 is 5.78 Å². The van der Waals surface area contributed by atoms with Crippen molar-refractivity contribution in [2.45, 2.75) is 0 Å². The van der Waals surface area contributed by atoms with Gasteiger partial charge in [0.2, 0.25) is 5.75 Å². The molecule has 0 bridgehead atoms. The summed E-state index contributed by atoms with van der Waals surface area (Å²) in [6, 6.07) is 21.4. The molecule has 0 unspecified atom stereocenters. The van der Waals surface area contributed by atoms with Crippen molar-refractivity contribution in [3.63, 3.8) is 0 Å². The first-order valence-corrected chi connectivity index (χ1v) is 9.83. The van der Waals surface area contributed by atoms with E-state index in [-0.39, 0.29) is 5.78 Å². The van der Waals surface area contributed by atoms with E-state index in [4.69, 9.17) is 14.2 Å². The summed E-state index contributed by atoms with van der Waals surface area (Å²) < 4.78 is 16.3. The fraction of sp³-hybridized carbons (Fsp3) is 0.115. The summed E-state index contributed by atoms with van der Waals surface area (Å²) in [6.45, 7) is 0. The zero-order valence-electron chi connectivity index (χ0n) is 17.6. The van der Waals surface area contributed by atoms with Crippen LogP contribution in [0.5, 0.6) is 17.2 Å². The number of methoxy groups -OCH3 is 3. The lowest BCUT2D eigenvalue weighted by molar-refractivity contribution is 0.103. The molecule has 0 spiro atoms. The van der Waals surface area contributed by atoms with Gasteiger partial charge in [-0.15, -0.1) is 0 Å². The van der Waals surface area contributed by atoms with Gasteiger partial charge < -0.3 is 19.2 Å². The average Bonchev–Trinajstić information content (AvgIpc) is 3.33. The fourth-order valence-electron chi connectivity index (χ4n) is 3.63. The molecule has 156 valence electrons. The second-order valence-corrected chi connectivity index (χ2v) is 6.97. The molecule has 0 atom stereocenters. The number of carbonyl (C=O) groups excluding carboxylic acids is 1. The number of rotatable bonds is 7. The zero-order chi connectivity index (χ0) is 21.8. The van der Waals surface area contributed by atoms with Crippen molar-refractivity contribution in [2.75, 3.05) is 21.3 Å². The van der Waals surface area contributed by atoms with Crippen LogP contribution in [-0.4, -0.2) is 32.1 Å². The summed E-state index contributed by atoms with van der Waals surface area (Å²) in [5.41, 5.74) is 4.92. The fourth-order valence-corrected chi connectivity index (χ4v) is 3.63. The first-order chi connectivity index (χ1) is 15.2. The number of aromatic amines is 1. The van der Waals surface area contributed by atoms with Crippen molar-refractivity contribution in [3.05, 3.63) is 90.3 Å². The molecule has 1 N–H and O–H groups in total. The summed E-state index contributed by atoms with van der Waals surface area (Å²) in [6.07, 6.45) is 3.51. The molecule has 0 aliphatic rings. The standard InChI is InChI=1S/C26H23NO4/c1-29-23-13-20(14-24(30-2)26(23)31-3)21-15-27-16-22(21)25(28)19-11-9-18(10-12-19)17-7-5-4-6-8-17/h4-16,27H,1-3H3. The maximum atomic E-state index is 13.3. The van der Waals surface area contributed by atoms with Gasteiger partial charge in [-0.05, 0) is 28.8 Å². The van der Waals surface area contributed by atoms with Gasteiger partial charge in [-0.3, -0.25) is 4.79 Å². The van der Waals surface area contributed by atoms with E-state index in [0.29, 0.717) is 28.4 Å². The second kappa shape index (κ2) is 8.79. The summed E-state index contributed by atoms with van der Waals surface area (Å²) in [5.74, 6) is 1.51. The van der Waals surface area contributed by atoms with Crippen molar-refractivity contribution in [1.29, 1.82) is 0 Å². The third kappa shape index (κ3) is 3.90. The van der Waals surface area contributed by atoms with Gasteiger partial charge in [0.25, 0.3) is 0 Å². The van der Waals surface area contributed by atoms with Crippen LogP contribution in [0.2, 0.25) is 0 Å². The Kier molecular flexibility index (Phi) is 5.76. The minimum absolute atomic E-state index is 0.0652. The quantitative estimate of drug-likeness (QED) is 0.400. The van der Waals surface area contributed by atoms with Crippen LogP contribution in [0.25, 0.3) is 22.3 Å². The van der Waals surface area contributed by atoms with E-state index in [1.54, 1.807) is 33.7 Å². The highest BCUT2D eigenvalue weighted by atomic mass is 16.5. The number of ether oxygens (including phenoxy) is 3. The highest BCUT2D eigenvalue weighted by Crippen LogP contribution is 2.42. The van der Waals surface area contributed by atoms with E-state index < -0.39 is 0 Å². The molecule has 4 aromatic rings. The first-order valence-electron chi connectivity index (χ1n) is 9.83. The highest BCUT2D eigenvalue weighted by Gasteiger charge is 2.20. The lowest BCUT2D eigenvalue weighted by Crippen LogP contribution is -2.02. The van der Waals surface area contributed by atoms with Crippen LogP contribution >= 0.6 is 0 Å². The maximum absolute atomic E-state index is 13.3. The number of hydrogen-bond acceptors (Lipinski definition) is 4. The van der Waals surface area contributed by atoms with Gasteiger partial charge >= 0.3 is 0 Å². The van der Waals surface area contributed by atoms with E-state index >= 15 is 0 Å². The number of carbonyl (C=O) groups is 1. The van der Waals surface area contributed by atoms with Crippen LogP contribution in [0.4, 0.5) is 0 Å². The van der Waals surface area contributed by atoms with E-state index in [1.165, 1.54) is 0 Å². The predicted octanol–water partition coefficient (Wildman–Crippen LogP) is 5.61. The predicted molar refractivity (Wildman–Crippen MR) is 121 cm³/mol. The normalized spacial score (nSPS) is 10.5. The number of ketones is 1. The molecule has 0 fully saturated rings. The van der Waals surface area contributed by atoms with E-state index in [0.717, 1.165) is 22.3 Å². The van der Waals surface area contributed by atoms with Crippen molar-refractivity contribution in [3.8, 4) is 39.5 Å². The topological polar surface area (TPSA) is 60.6 Å². The third-order valence-corrected chi connectivity index (χ3v) is 5.22. The Morgan fingerprint density at radius 3 is 1.90 bits per heavy atom. The van der Waals surface area contributed by atoms with Gasteiger partial charge in [0.1, 0.15) is 0 Å². The van der Waals surface area contributed by atoms with Crippen LogP contribution in [0, 0.1) is 0 Å². The molecular formula is C26H23NO4. The molecule has 1 heterocycles. The molecule has 4 rings (SSSR count). The van der Waals surface area contributed by atoms with Crippen LogP contribution in [-0.2, 0) is 0 Å². The Hall–Kier alpha value is -3.99. The van der Waals surface area contributed by atoms with Crippen LogP contribution < -0.4 is 14.2 Å². The van der Waals surface area contributed by atoms with Crippen LogP contribution in [0.3, 0.4) is 0 Å². The molecule has 0 saturated heterocycles. The number of aromatic nitrogens is 1. The van der Waals surface area contributed by atoms with Crippen molar-refractivity contribution < 1.29 is 19.0 Å². The Morgan fingerprint density at radius 2 is 1.32 bits per heavy atom. The number of hydrogen-bond donors (Lipinski definition) is 1. The van der Waals surface area contributed by atoms with Gasteiger partial charge in [-0.25, -0.2) is 0 Å². The summed E-state index contributed by atoms with van der Waals surface area (Å²) in [5, 5.41) is 0.